The van der Waals surface area contributed by atoms with Gasteiger partial charge in [-0.15, -0.1) is 0 Å². The predicted octanol–water partition coefficient (Wildman–Crippen LogP) is 3.91. The fraction of sp³-hybridized carbons (Fsp3) is 0.562. The van der Waals surface area contributed by atoms with Crippen LogP contribution in [0.3, 0.4) is 0 Å². The largest absolute Gasteiger partial charge is 0.462 e. The van der Waals surface area contributed by atoms with Gasteiger partial charge >= 0.3 is 5.97 Å². The van der Waals surface area contributed by atoms with E-state index >= 15 is 0 Å². The molecular weight excluding hydrogens is 224 g/mol. The van der Waals surface area contributed by atoms with Crippen molar-refractivity contribution in [1.82, 2.24) is 0 Å². The van der Waals surface area contributed by atoms with E-state index in [2.05, 4.69) is 24.3 Å². The first-order valence-electron chi connectivity index (χ1n) is 6.94. The molecule has 1 aromatic rings. The summed E-state index contributed by atoms with van der Waals surface area (Å²) in [5.74, 6) is 0.272. The molecule has 0 bridgehead atoms. The molecule has 2 nitrogen and oxygen atoms in total. The van der Waals surface area contributed by atoms with Crippen LogP contribution in [0.1, 0.15) is 51.0 Å². The molecule has 0 N–H and O–H groups in total. The molecule has 18 heavy (non-hydrogen) atoms. The van der Waals surface area contributed by atoms with Crippen molar-refractivity contribution in [2.45, 2.75) is 51.6 Å². The third-order valence-corrected chi connectivity index (χ3v) is 3.67. The lowest BCUT2D eigenvalue weighted by Crippen LogP contribution is -2.30. The van der Waals surface area contributed by atoms with Crippen LogP contribution in [0.2, 0.25) is 0 Å². The van der Waals surface area contributed by atoms with Gasteiger partial charge in [-0.3, -0.25) is 4.79 Å². The maximum absolute atomic E-state index is 11.8. The number of ether oxygens (including phenoxy) is 1. The van der Waals surface area contributed by atoms with Gasteiger partial charge in [0, 0.05) is 5.92 Å². The lowest BCUT2D eigenvalue weighted by Gasteiger charge is -2.32. The zero-order valence-electron chi connectivity index (χ0n) is 11.3. The number of carbonyl (C=O) groups is 1. The van der Waals surface area contributed by atoms with Gasteiger partial charge in [0.2, 0.25) is 0 Å². The molecule has 1 aliphatic rings. The second kappa shape index (κ2) is 6.03. The normalized spacial score (nSPS) is 23.9. The van der Waals surface area contributed by atoms with Gasteiger partial charge in [-0.1, -0.05) is 50.6 Å². The molecular formula is C16H22O2. The van der Waals surface area contributed by atoms with Gasteiger partial charge in [0.05, 0.1) is 5.92 Å². The van der Waals surface area contributed by atoms with E-state index in [-0.39, 0.29) is 18.0 Å². The van der Waals surface area contributed by atoms with Crippen molar-refractivity contribution in [2.24, 2.45) is 5.92 Å². The summed E-state index contributed by atoms with van der Waals surface area (Å²) in [6.45, 7) is 3.78. The fourth-order valence-corrected chi connectivity index (χ4v) is 2.60. The molecule has 0 heterocycles. The van der Waals surface area contributed by atoms with Crippen molar-refractivity contribution in [3.8, 4) is 0 Å². The van der Waals surface area contributed by atoms with E-state index in [0.717, 1.165) is 12.8 Å². The van der Waals surface area contributed by atoms with Gasteiger partial charge in [-0.2, -0.15) is 0 Å². The molecule has 1 aliphatic carbocycles. The smallest absolute Gasteiger partial charge is 0.308 e. The zero-order valence-corrected chi connectivity index (χ0v) is 11.3. The van der Waals surface area contributed by atoms with Crippen LogP contribution in [0.25, 0.3) is 0 Å². The quantitative estimate of drug-likeness (QED) is 0.756. The Kier molecular flexibility index (Phi) is 4.40. The van der Waals surface area contributed by atoms with Gasteiger partial charge in [-0.25, -0.2) is 0 Å². The summed E-state index contributed by atoms with van der Waals surface area (Å²) in [6.07, 6.45) is 4.59. The number of rotatable bonds is 3. The number of carbonyl (C=O) groups excluding carboxylic acids is 1. The lowest BCUT2D eigenvalue weighted by atomic mass is 9.81. The van der Waals surface area contributed by atoms with E-state index in [0.29, 0.717) is 5.92 Å². The fourth-order valence-electron chi connectivity index (χ4n) is 2.60. The number of benzene rings is 1. The monoisotopic (exact) mass is 246 g/mol. The van der Waals surface area contributed by atoms with E-state index in [1.165, 1.54) is 18.4 Å². The second-order valence-electron chi connectivity index (χ2n) is 5.43. The van der Waals surface area contributed by atoms with E-state index in [1.54, 1.807) is 0 Å². The molecule has 0 saturated heterocycles. The standard InChI is InChI=1S/C16H22O2/c1-12(2)16(17)18-15-11-7-6-10-14(15)13-8-4-3-5-9-13/h3-5,8-9,12,14-15H,6-7,10-11H2,1-2H3/t14-,15-/m0/s1. The summed E-state index contributed by atoms with van der Waals surface area (Å²) in [4.78, 5) is 11.8. The highest BCUT2D eigenvalue weighted by atomic mass is 16.5. The zero-order chi connectivity index (χ0) is 13.0. The summed E-state index contributed by atoms with van der Waals surface area (Å²) >= 11 is 0. The van der Waals surface area contributed by atoms with Crippen LogP contribution in [0.4, 0.5) is 0 Å². The van der Waals surface area contributed by atoms with Gasteiger partial charge in [-0.05, 0) is 24.8 Å². The van der Waals surface area contributed by atoms with Crippen molar-refractivity contribution in [2.75, 3.05) is 0 Å². The molecule has 0 radical (unpaired) electrons. The summed E-state index contributed by atoms with van der Waals surface area (Å²) in [6, 6.07) is 10.4. The van der Waals surface area contributed by atoms with Crippen molar-refractivity contribution < 1.29 is 9.53 Å². The molecule has 1 fully saturated rings. The first-order valence-corrected chi connectivity index (χ1v) is 6.94. The molecule has 0 amide bonds. The molecule has 1 aromatic carbocycles. The molecule has 1 saturated carbocycles. The third-order valence-electron chi connectivity index (χ3n) is 3.67. The van der Waals surface area contributed by atoms with Crippen molar-refractivity contribution >= 4 is 5.97 Å². The molecule has 0 unspecified atom stereocenters. The Morgan fingerprint density at radius 2 is 1.83 bits per heavy atom. The third kappa shape index (κ3) is 3.12. The molecule has 98 valence electrons. The Labute approximate surface area is 109 Å². The van der Waals surface area contributed by atoms with Crippen molar-refractivity contribution in [3.05, 3.63) is 35.9 Å². The number of esters is 1. The first-order chi connectivity index (χ1) is 8.68. The maximum atomic E-state index is 11.8. The lowest BCUT2D eigenvalue weighted by molar-refractivity contribution is -0.155. The summed E-state index contributed by atoms with van der Waals surface area (Å²) in [5, 5.41) is 0. The van der Waals surface area contributed by atoms with E-state index in [1.807, 2.05) is 19.9 Å². The van der Waals surface area contributed by atoms with Crippen LogP contribution in [-0.4, -0.2) is 12.1 Å². The Balaban J connectivity index is 2.09. The first kappa shape index (κ1) is 13.1. The van der Waals surface area contributed by atoms with Crippen LogP contribution >= 0.6 is 0 Å². The highest BCUT2D eigenvalue weighted by Crippen LogP contribution is 2.35. The van der Waals surface area contributed by atoms with Crippen LogP contribution in [0.5, 0.6) is 0 Å². The summed E-state index contributed by atoms with van der Waals surface area (Å²) in [5.41, 5.74) is 1.30. The molecule has 0 aromatic heterocycles. The topological polar surface area (TPSA) is 26.3 Å². The Bertz CT molecular complexity index is 383. The van der Waals surface area contributed by atoms with Gasteiger partial charge < -0.3 is 4.74 Å². The SMILES string of the molecule is CC(C)C(=O)O[C@H]1CCCC[C@H]1c1ccccc1. The van der Waals surface area contributed by atoms with Gasteiger partial charge in [0.15, 0.2) is 0 Å². The van der Waals surface area contributed by atoms with E-state index in [9.17, 15) is 4.79 Å². The molecule has 2 rings (SSSR count). The van der Waals surface area contributed by atoms with Gasteiger partial charge in [0.25, 0.3) is 0 Å². The summed E-state index contributed by atoms with van der Waals surface area (Å²) in [7, 11) is 0. The average Bonchev–Trinajstić information content (AvgIpc) is 2.40. The van der Waals surface area contributed by atoms with Crippen molar-refractivity contribution in [3.63, 3.8) is 0 Å². The Morgan fingerprint density at radius 1 is 1.17 bits per heavy atom. The maximum Gasteiger partial charge on any atom is 0.308 e. The van der Waals surface area contributed by atoms with Crippen LogP contribution in [0, 0.1) is 5.92 Å². The minimum atomic E-state index is -0.0668. The van der Waals surface area contributed by atoms with Gasteiger partial charge in [0.1, 0.15) is 6.10 Å². The van der Waals surface area contributed by atoms with E-state index in [4.69, 9.17) is 4.74 Å². The second-order valence-corrected chi connectivity index (χ2v) is 5.43. The van der Waals surface area contributed by atoms with E-state index < -0.39 is 0 Å². The highest BCUT2D eigenvalue weighted by Gasteiger charge is 2.29. The van der Waals surface area contributed by atoms with Crippen LogP contribution < -0.4 is 0 Å². The molecule has 2 heteroatoms. The Hall–Kier alpha value is -1.31. The average molecular weight is 246 g/mol. The number of hydrogen-bond acceptors (Lipinski definition) is 2. The predicted molar refractivity (Wildman–Crippen MR) is 72.4 cm³/mol. The minimum Gasteiger partial charge on any atom is -0.462 e. The minimum absolute atomic E-state index is 0.0386. The van der Waals surface area contributed by atoms with Crippen LogP contribution in [-0.2, 0) is 9.53 Å². The highest BCUT2D eigenvalue weighted by molar-refractivity contribution is 5.71. The summed E-state index contributed by atoms with van der Waals surface area (Å²) < 4.78 is 5.68. The Morgan fingerprint density at radius 3 is 2.50 bits per heavy atom. The number of hydrogen-bond donors (Lipinski definition) is 0. The molecule has 2 atom stereocenters. The molecule has 0 spiro atoms. The van der Waals surface area contributed by atoms with Crippen molar-refractivity contribution in [1.29, 1.82) is 0 Å². The molecule has 0 aliphatic heterocycles. The van der Waals surface area contributed by atoms with Crippen LogP contribution in [0.15, 0.2) is 30.3 Å².